The van der Waals surface area contributed by atoms with Crippen molar-refractivity contribution >= 4 is 44.0 Å². The third kappa shape index (κ3) is 1.57. The first-order chi connectivity index (χ1) is 6.72. The zero-order valence-electron chi connectivity index (χ0n) is 7.12. The number of fused-ring (bicyclic) bond motifs is 1. The lowest BCUT2D eigenvalue weighted by Crippen LogP contribution is -1.86. The fourth-order valence-corrected chi connectivity index (χ4v) is 2.88. The van der Waals surface area contributed by atoms with E-state index in [-0.39, 0.29) is 0 Å². The van der Waals surface area contributed by atoms with E-state index in [9.17, 15) is 5.11 Å². The number of nitriles is 1. The first-order valence-electron chi connectivity index (χ1n) is 3.99. The average molecular weight is 315 g/mol. The van der Waals surface area contributed by atoms with Gasteiger partial charge < -0.3 is 5.11 Å². The van der Waals surface area contributed by atoms with Crippen molar-refractivity contribution in [3.05, 3.63) is 27.3 Å². The molecule has 0 radical (unpaired) electrons. The molecule has 0 aliphatic carbocycles. The van der Waals surface area contributed by atoms with Gasteiger partial charge >= 0.3 is 0 Å². The highest BCUT2D eigenvalue weighted by atomic mass is 127. The molecule has 70 valence electrons. The average Bonchev–Trinajstić information content (AvgIpc) is 2.51. The smallest absolute Gasteiger partial charge is 0.172 e. The van der Waals surface area contributed by atoms with Gasteiger partial charge in [0.15, 0.2) is 5.06 Å². The maximum absolute atomic E-state index is 9.37. The summed E-state index contributed by atoms with van der Waals surface area (Å²) in [6.07, 6.45) is 0.395. The molecule has 2 nitrogen and oxygen atoms in total. The Labute approximate surface area is 98.9 Å². The Kier molecular flexibility index (Phi) is 2.61. The predicted molar refractivity (Wildman–Crippen MR) is 65.5 cm³/mol. The van der Waals surface area contributed by atoms with E-state index in [2.05, 4.69) is 28.7 Å². The summed E-state index contributed by atoms with van der Waals surface area (Å²) in [5.41, 5.74) is 1.02. The number of hydrogen-bond acceptors (Lipinski definition) is 3. The summed E-state index contributed by atoms with van der Waals surface area (Å²) in [5, 5.41) is 19.4. The van der Waals surface area contributed by atoms with Crippen LogP contribution in [0.25, 0.3) is 10.1 Å². The van der Waals surface area contributed by atoms with Gasteiger partial charge in [0.2, 0.25) is 0 Å². The molecule has 0 saturated heterocycles. The summed E-state index contributed by atoms with van der Waals surface area (Å²) in [6, 6.07) is 7.83. The molecule has 0 atom stereocenters. The molecule has 0 unspecified atom stereocenters. The Balaban J connectivity index is 2.76. The normalized spacial score (nSPS) is 10.3. The van der Waals surface area contributed by atoms with Gasteiger partial charge in [-0.3, -0.25) is 0 Å². The fourth-order valence-electron chi connectivity index (χ4n) is 1.39. The van der Waals surface area contributed by atoms with Crippen LogP contribution in [-0.2, 0) is 6.42 Å². The van der Waals surface area contributed by atoms with Crippen LogP contribution in [0.2, 0.25) is 0 Å². The van der Waals surface area contributed by atoms with Gasteiger partial charge in [-0.05, 0) is 46.4 Å². The van der Waals surface area contributed by atoms with Gasteiger partial charge in [0.1, 0.15) is 0 Å². The molecule has 1 N–H and O–H groups in total. The minimum absolute atomic E-state index is 0.307. The van der Waals surface area contributed by atoms with Gasteiger partial charge in [0, 0.05) is 13.7 Å². The van der Waals surface area contributed by atoms with Crippen molar-refractivity contribution < 1.29 is 5.11 Å². The molecule has 14 heavy (non-hydrogen) atoms. The second-order valence-electron chi connectivity index (χ2n) is 2.86. The molecule has 2 aromatic rings. The summed E-state index contributed by atoms with van der Waals surface area (Å²) in [5.74, 6) is 0. The molecule has 0 fully saturated rings. The SMILES string of the molecule is N#CCc1c(I)ccc2sc(O)cc12. The van der Waals surface area contributed by atoms with Gasteiger partial charge in [-0.1, -0.05) is 11.3 Å². The van der Waals surface area contributed by atoms with E-state index in [1.54, 1.807) is 6.07 Å². The summed E-state index contributed by atoms with van der Waals surface area (Å²) in [7, 11) is 0. The van der Waals surface area contributed by atoms with E-state index in [1.807, 2.05) is 12.1 Å². The number of nitrogens with zero attached hydrogens (tertiary/aromatic N) is 1. The molecule has 1 aromatic carbocycles. The highest BCUT2D eigenvalue weighted by molar-refractivity contribution is 14.1. The lowest BCUT2D eigenvalue weighted by molar-refractivity contribution is 0.491. The maximum atomic E-state index is 9.37. The Hall–Kier alpha value is -0.800. The second kappa shape index (κ2) is 3.75. The quantitative estimate of drug-likeness (QED) is 0.821. The number of thiophene rings is 1. The number of hydrogen-bond donors (Lipinski definition) is 1. The highest BCUT2D eigenvalue weighted by Gasteiger charge is 2.08. The zero-order valence-corrected chi connectivity index (χ0v) is 10.1. The van der Waals surface area contributed by atoms with Crippen molar-refractivity contribution in [2.45, 2.75) is 6.42 Å². The largest absolute Gasteiger partial charge is 0.499 e. The van der Waals surface area contributed by atoms with E-state index in [0.29, 0.717) is 11.5 Å². The Morgan fingerprint density at radius 3 is 3.00 bits per heavy atom. The van der Waals surface area contributed by atoms with Gasteiger partial charge in [-0.15, -0.1) is 0 Å². The molecule has 0 spiro atoms. The zero-order chi connectivity index (χ0) is 10.1. The van der Waals surface area contributed by atoms with Crippen LogP contribution in [0.4, 0.5) is 0 Å². The molecule has 0 aliphatic rings. The van der Waals surface area contributed by atoms with Gasteiger partial charge in [-0.25, -0.2) is 0 Å². The molecule has 0 bridgehead atoms. The van der Waals surface area contributed by atoms with E-state index in [0.717, 1.165) is 19.2 Å². The summed E-state index contributed by atoms with van der Waals surface area (Å²) >= 11 is 3.56. The highest BCUT2D eigenvalue weighted by Crippen LogP contribution is 2.34. The van der Waals surface area contributed by atoms with Crippen molar-refractivity contribution in [2.75, 3.05) is 0 Å². The number of rotatable bonds is 1. The summed E-state index contributed by atoms with van der Waals surface area (Å²) < 4.78 is 2.11. The van der Waals surface area contributed by atoms with Crippen LogP contribution < -0.4 is 0 Å². The lowest BCUT2D eigenvalue weighted by Gasteiger charge is -2.00. The molecule has 0 saturated carbocycles. The lowest BCUT2D eigenvalue weighted by atomic mass is 10.1. The van der Waals surface area contributed by atoms with Crippen molar-refractivity contribution in [2.24, 2.45) is 0 Å². The van der Waals surface area contributed by atoms with E-state index in [4.69, 9.17) is 5.26 Å². The maximum Gasteiger partial charge on any atom is 0.172 e. The number of benzene rings is 1. The standard InChI is InChI=1S/C10H6INOS/c11-8-1-2-9-7(5-10(13)14-9)6(8)3-4-12/h1-2,5,13H,3H2. The Morgan fingerprint density at radius 1 is 1.50 bits per heavy atom. The first-order valence-corrected chi connectivity index (χ1v) is 5.88. The van der Waals surface area contributed by atoms with Crippen LogP contribution in [0.1, 0.15) is 5.56 Å². The molecule has 0 amide bonds. The predicted octanol–water partition coefficient (Wildman–Crippen LogP) is 3.28. The van der Waals surface area contributed by atoms with Crippen molar-refractivity contribution in [1.29, 1.82) is 5.26 Å². The topological polar surface area (TPSA) is 44.0 Å². The third-order valence-corrected chi connectivity index (χ3v) is 3.91. The van der Waals surface area contributed by atoms with E-state index >= 15 is 0 Å². The van der Waals surface area contributed by atoms with Crippen LogP contribution in [0.15, 0.2) is 18.2 Å². The molecule has 4 heteroatoms. The van der Waals surface area contributed by atoms with Gasteiger partial charge in [0.05, 0.1) is 12.5 Å². The van der Waals surface area contributed by atoms with Crippen LogP contribution >= 0.6 is 33.9 Å². The fraction of sp³-hybridized carbons (Fsp3) is 0.100. The minimum atomic E-state index is 0.307. The number of aromatic hydroxyl groups is 1. The molecular weight excluding hydrogens is 309 g/mol. The minimum Gasteiger partial charge on any atom is -0.499 e. The second-order valence-corrected chi connectivity index (χ2v) is 5.08. The van der Waals surface area contributed by atoms with Gasteiger partial charge in [-0.2, -0.15) is 5.26 Å². The van der Waals surface area contributed by atoms with Gasteiger partial charge in [0.25, 0.3) is 0 Å². The molecule has 1 heterocycles. The van der Waals surface area contributed by atoms with Crippen LogP contribution in [0, 0.1) is 14.9 Å². The van der Waals surface area contributed by atoms with Crippen LogP contribution in [0.3, 0.4) is 0 Å². The van der Waals surface area contributed by atoms with Crippen LogP contribution in [-0.4, -0.2) is 5.11 Å². The first kappa shape index (κ1) is 9.74. The van der Waals surface area contributed by atoms with Crippen LogP contribution in [0.5, 0.6) is 5.06 Å². The van der Waals surface area contributed by atoms with Crippen molar-refractivity contribution in [3.63, 3.8) is 0 Å². The Morgan fingerprint density at radius 2 is 2.29 bits per heavy atom. The number of halogens is 1. The van der Waals surface area contributed by atoms with Crippen molar-refractivity contribution in [3.8, 4) is 11.1 Å². The molecular formula is C10H6INOS. The Bertz CT molecular complexity index is 527. The molecule has 2 rings (SSSR count). The third-order valence-electron chi connectivity index (χ3n) is 2.00. The molecule has 0 aliphatic heterocycles. The molecule has 1 aromatic heterocycles. The van der Waals surface area contributed by atoms with E-state index < -0.39 is 0 Å². The van der Waals surface area contributed by atoms with E-state index in [1.165, 1.54) is 11.3 Å². The van der Waals surface area contributed by atoms with Crippen molar-refractivity contribution in [1.82, 2.24) is 0 Å². The summed E-state index contributed by atoms with van der Waals surface area (Å²) in [4.78, 5) is 0. The summed E-state index contributed by atoms with van der Waals surface area (Å²) in [6.45, 7) is 0. The monoisotopic (exact) mass is 315 g/mol.